The zero-order valence-corrected chi connectivity index (χ0v) is 11.2. The Balaban J connectivity index is 1.65. The van der Waals surface area contributed by atoms with Gasteiger partial charge in [0.25, 0.3) is 0 Å². The van der Waals surface area contributed by atoms with Crippen LogP contribution in [0.5, 0.6) is 0 Å². The molecule has 0 aromatic heterocycles. The van der Waals surface area contributed by atoms with E-state index in [2.05, 4.69) is 6.92 Å². The van der Waals surface area contributed by atoms with Crippen molar-refractivity contribution in [2.24, 2.45) is 11.8 Å². The number of rotatable bonds is 4. The van der Waals surface area contributed by atoms with Crippen molar-refractivity contribution < 1.29 is 9.84 Å². The molecule has 2 fully saturated rings. The number of aliphatic hydroxyl groups excluding tert-OH is 1. The molecule has 17 heavy (non-hydrogen) atoms. The predicted octanol–water partition coefficient (Wildman–Crippen LogP) is 3.52. The summed E-state index contributed by atoms with van der Waals surface area (Å²) in [6.07, 6.45) is 12.3. The molecule has 0 atom stereocenters. The van der Waals surface area contributed by atoms with Gasteiger partial charge in [0, 0.05) is 6.61 Å². The Labute approximate surface area is 106 Å². The van der Waals surface area contributed by atoms with E-state index in [-0.39, 0.29) is 0 Å². The highest BCUT2D eigenvalue weighted by atomic mass is 16.5. The maximum Gasteiger partial charge on any atom is 0.0579 e. The zero-order valence-electron chi connectivity index (χ0n) is 11.2. The Morgan fingerprint density at radius 3 is 1.71 bits per heavy atom. The summed E-state index contributed by atoms with van der Waals surface area (Å²) in [5, 5.41) is 9.11. The fourth-order valence-electron chi connectivity index (χ4n) is 3.40. The van der Waals surface area contributed by atoms with Crippen molar-refractivity contribution in [2.75, 3.05) is 6.61 Å². The third kappa shape index (κ3) is 3.96. The van der Waals surface area contributed by atoms with Crippen LogP contribution < -0.4 is 0 Å². The topological polar surface area (TPSA) is 29.5 Å². The highest BCUT2D eigenvalue weighted by Gasteiger charge is 2.26. The minimum Gasteiger partial charge on any atom is -0.396 e. The molecule has 2 rings (SSSR count). The molecule has 2 saturated carbocycles. The van der Waals surface area contributed by atoms with Crippen molar-refractivity contribution in [2.45, 2.75) is 76.9 Å². The van der Waals surface area contributed by atoms with Gasteiger partial charge in [-0.1, -0.05) is 13.3 Å². The quantitative estimate of drug-likeness (QED) is 0.814. The summed E-state index contributed by atoms with van der Waals surface area (Å²) in [5.41, 5.74) is 0. The summed E-state index contributed by atoms with van der Waals surface area (Å²) in [4.78, 5) is 0. The summed E-state index contributed by atoms with van der Waals surface area (Å²) >= 11 is 0. The van der Waals surface area contributed by atoms with E-state index in [1.807, 2.05) is 0 Å². The average molecular weight is 240 g/mol. The zero-order chi connectivity index (χ0) is 12.1. The number of ether oxygens (including phenoxy) is 1. The minimum atomic E-state index is 0.369. The van der Waals surface area contributed by atoms with Crippen LogP contribution in [0.15, 0.2) is 0 Å². The Kier molecular flexibility index (Phi) is 5.30. The van der Waals surface area contributed by atoms with E-state index in [1.54, 1.807) is 0 Å². The van der Waals surface area contributed by atoms with Gasteiger partial charge in [0.1, 0.15) is 0 Å². The molecule has 100 valence electrons. The van der Waals surface area contributed by atoms with Gasteiger partial charge in [-0.15, -0.1) is 0 Å². The van der Waals surface area contributed by atoms with Crippen LogP contribution in [0.4, 0.5) is 0 Å². The smallest absolute Gasteiger partial charge is 0.0579 e. The molecule has 0 bridgehead atoms. The van der Waals surface area contributed by atoms with Gasteiger partial charge < -0.3 is 9.84 Å². The van der Waals surface area contributed by atoms with Crippen molar-refractivity contribution >= 4 is 0 Å². The van der Waals surface area contributed by atoms with Crippen LogP contribution in [-0.4, -0.2) is 23.9 Å². The van der Waals surface area contributed by atoms with Gasteiger partial charge in [-0.2, -0.15) is 0 Å². The van der Waals surface area contributed by atoms with Crippen LogP contribution in [0.1, 0.15) is 64.7 Å². The van der Waals surface area contributed by atoms with Crippen LogP contribution in [0, 0.1) is 11.8 Å². The Morgan fingerprint density at radius 2 is 1.29 bits per heavy atom. The SMILES string of the molecule is CCC1CCC(OC2CCC(CO)CC2)CC1. The highest BCUT2D eigenvalue weighted by molar-refractivity contribution is 4.77. The first-order chi connectivity index (χ1) is 8.31. The molecule has 1 N–H and O–H groups in total. The van der Waals surface area contributed by atoms with E-state index < -0.39 is 0 Å². The van der Waals surface area contributed by atoms with E-state index in [0.717, 1.165) is 18.8 Å². The molecule has 2 aliphatic carbocycles. The largest absolute Gasteiger partial charge is 0.396 e. The van der Waals surface area contributed by atoms with Crippen LogP contribution in [0.25, 0.3) is 0 Å². The Hall–Kier alpha value is -0.0800. The second-order valence-corrected chi connectivity index (χ2v) is 6.01. The highest BCUT2D eigenvalue weighted by Crippen LogP contribution is 2.32. The predicted molar refractivity (Wildman–Crippen MR) is 70.0 cm³/mol. The molecule has 0 unspecified atom stereocenters. The number of hydrogen-bond acceptors (Lipinski definition) is 2. The summed E-state index contributed by atoms with van der Waals surface area (Å²) in [7, 11) is 0. The monoisotopic (exact) mass is 240 g/mol. The first kappa shape index (κ1) is 13.4. The third-order valence-electron chi connectivity index (χ3n) is 4.81. The maximum absolute atomic E-state index is 9.11. The van der Waals surface area contributed by atoms with E-state index >= 15 is 0 Å². The van der Waals surface area contributed by atoms with E-state index in [4.69, 9.17) is 9.84 Å². The molecule has 0 radical (unpaired) electrons. The molecular weight excluding hydrogens is 212 g/mol. The lowest BCUT2D eigenvalue weighted by atomic mass is 9.85. The molecule has 0 aliphatic heterocycles. The number of hydrogen-bond donors (Lipinski definition) is 1. The van der Waals surface area contributed by atoms with Crippen molar-refractivity contribution in [3.63, 3.8) is 0 Å². The summed E-state index contributed by atoms with van der Waals surface area (Å²) in [6.45, 7) is 2.68. The fourth-order valence-corrected chi connectivity index (χ4v) is 3.40. The molecule has 0 heterocycles. The van der Waals surface area contributed by atoms with Crippen molar-refractivity contribution in [1.82, 2.24) is 0 Å². The van der Waals surface area contributed by atoms with Crippen LogP contribution in [0.3, 0.4) is 0 Å². The maximum atomic E-state index is 9.11. The van der Waals surface area contributed by atoms with Gasteiger partial charge in [0.15, 0.2) is 0 Å². The first-order valence-corrected chi connectivity index (χ1v) is 7.58. The molecule has 0 spiro atoms. The van der Waals surface area contributed by atoms with Gasteiger partial charge in [-0.3, -0.25) is 0 Å². The van der Waals surface area contributed by atoms with Crippen molar-refractivity contribution in [1.29, 1.82) is 0 Å². The van der Waals surface area contributed by atoms with Crippen molar-refractivity contribution in [3.8, 4) is 0 Å². The third-order valence-corrected chi connectivity index (χ3v) is 4.81. The summed E-state index contributed by atoms with van der Waals surface area (Å²) < 4.78 is 6.24. The molecule has 2 aliphatic rings. The average Bonchev–Trinajstić information content (AvgIpc) is 2.40. The Bertz CT molecular complexity index is 179. The standard InChI is InChI=1S/C15H28O2/c1-2-12-3-7-14(8-4-12)17-15-9-5-13(11-16)6-10-15/h12-16H,2-11H2,1H3. The van der Waals surface area contributed by atoms with E-state index in [9.17, 15) is 0 Å². The lowest BCUT2D eigenvalue weighted by Crippen LogP contribution is -2.30. The number of aliphatic hydroxyl groups is 1. The van der Waals surface area contributed by atoms with E-state index in [1.165, 1.54) is 44.9 Å². The fraction of sp³-hybridized carbons (Fsp3) is 1.00. The van der Waals surface area contributed by atoms with Gasteiger partial charge in [0.2, 0.25) is 0 Å². The molecule has 2 nitrogen and oxygen atoms in total. The van der Waals surface area contributed by atoms with Crippen LogP contribution in [0.2, 0.25) is 0 Å². The second-order valence-electron chi connectivity index (χ2n) is 6.01. The molecule has 0 aromatic carbocycles. The van der Waals surface area contributed by atoms with Crippen LogP contribution >= 0.6 is 0 Å². The van der Waals surface area contributed by atoms with Crippen LogP contribution in [-0.2, 0) is 4.74 Å². The molecule has 0 amide bonds. The van der Waals surface area contributed by atoms with Gasteiger partial charge in [-0.05, 0) is 63.2 Å². The Morgan fingerprint density at radius 1 is 0.824 bits per heavy atom. The molecule has 2 heteroatoms. The van der Waals surface area contributed by atoms with E-state index in [0.29, 0.717) is 24.7 Å². The second kappa shape index (κ2) is 6.75. The first-order valence-electron chi connectivity index (χ1n) is 7.58. The lowest BCUT2D eigenvalue weighted by Gasteiger charge is -2.34. The van der Waals surface area contributed by atoms with Gasteiger partial charge in [0.05, 0.1) is 12.2 Å². The minimum absolute atomic E-state index is 0.369. The van der Waals surface area contributed by atoms with Gasteiger partial charge in [-0.25, -0.2) is 0 Å². The molecule has 0 aromatic rings. The summed E-state index contributed by atoms with van der Waals surface area (Å²) in [6, 6.07) is 0. The van der Waals surface area contributed by atoms with Gasteiger partial charge >= 0.3 is 0 Å². The van der Waals surface area contributed by atoms with Crippen molar-refractivity contribution in [3.05, 3.63) is 0 Å². The summed E-state index contributed by atoms with van der Waals surface area (Å²) in [5.74, 6) is 1.51. The normalized spacial score (nSPS) is 39.2. The lowest BCUT2D eigenvalue weighted by molar-refractivity contribution is -0.0589. The molecular formula is C15H28O2. The molecule has 0 saturated heterocycles.